The molecule has 0 aliphatic rings. The summed E-state index contributed by atoms with van der Waals surface area (Å²) in [6.07, 6.45) is 3.29. The molecule has 7 heteroatoms. The van der Waals surface area contributed by atoms with Crippen molar-refractivity contribution in [3.63, 3.8) is 0 Å². The smallest absolute Gasteiger partial charge is 0.231 e. The van der Waals surface area contributed by atoms with Crippen LogP contribution in [-0.2, 0) is 6.54 Å². The third kappa shape index (κ3) is 3.34. The molecule has 102 valence electrons. The molecule has 0 spiro atoms. The van der Waals surface area contributed by atoms with Gasteiger partial charge in [-0.05, 0) is 19.9 Å². The fraction of sp³-hybridized carbons (Fsp3) is 0.417. The summed E-state index contributed by atoms with van der Waals surface area (Å²) in [6.45, 7) is 6.31. The molecule has 0 aliphatic carbocycles. The average Bonchev–Trinajstić information content (AvgIpc) is 2.90. The molecule has 0 saturated carbocycles. The quantitative estimate of drug-likeness (QED) is 0.814. The van der Waals surface area contributed by atoms with E-state index in [4.69, 9.17) is 10.2 Å². The average molecular weight is 262 g/mol. The van der Waals surface area contributed by atoms with Crippen molar-refractivity contribution in [2.75, 3.05) is 29.0 Å². The minimum absolute atomic E-state index is 0.214. The number of rotatable bonds is 6. The van der Waals surface area contributed by atoms with Crippen molar-refractivity contribution in [2.24, 2.45) is 0 Å². The normalized spacial score (nSPS) is 10.4. The molecule has 0 aromatic carbocycles. The molecule has 2 aromatic rings. The second-order valence-electron chi connectivity index (χ2n) is 3.97. The molecular weight excluding hydrogens is 244 g/mol. The molecule has 0 bridgehead atoms. The Morgan fingerprint density at radius 1 is 1.26 bits per heavy atom. The number of nitrogens with zero attached hydrogens (tertiary/aromatic N) is 4. The summed E-state index contributed by atoms with van der Waals surface area (Å²) >= 11 is 0. The maximum atomic E-state index is 5.71. The van der Waals surface area contributed by atoms with Crippen LogP contribution < -0.4 is 16.0 Å². The zero-order chi connectivity index (χ0) is 13.7. The highest BCUT2D eigenvalue weighted by atomic mass is 16.3. The second-order valence-corrected chi connectivity index (χ2v) is 3.97. The minimum atomic E-state index is 0.214. The summed E-state index contributed by atoms with van der Waals surface area (Å²) in [4.78, 5) is 14.6. The topological polar surface area (TPSA) is 93.1 Å². The lowest BCUT2D eigenvalue weighted by molar-refractivity contribution is 0.564. The van der Waals surface area contributed by atoms with Crippen LogP contribution >= 0.6 is 0 Å². The first-order chi connectivity index (χ1) is 9.22. The highest BCUT2D eigenvalue weighted by Gasteiger charge is 2.09. The van der Waals surface area contributed by atoms with Crippen molar-refractivity contribution in [1.82, 2.24) is 15.0 Å². The van der Waals surface area contributed by atoms with Crippen LogP contribution in [0.3, 0.4) is 0 Å². The van der Waals surface area contributed by atoms with Gasteiger partial charge in [0.05, 0.1) is 12.5 Å². The van der Waals surface area contributed by atoms with Gasteiger partial charge in [0.25, 0.3) is 0 Å². The number of aromatic nitrogens is 3. The van der Waals surface area contributed by atoms with E-state index in [-0.39, 0.29) is 5.95 Å². The van der Waals surface area contributed by atoms with Gasteiger partial charge in [0, 0.05) is 25.2 Å². The molecule has 3 N–H and O–H groups in total. The molecule has 0 amide bonds. The number of anilines is 3. The SMILES string of the molecule is CCN(CC)c1nc(N)nc(NCc2ccoc2)n1. The van der Waals surface area contributed by atoms with Gasteiger partial charge in [-0.25, -0.2) is 0 Å². The summed E-state index contributed by atoms with van der Waals surface area (Å²) in [5, 5.41) is 3.10. The van der Waals surface area contributed by atoms with Crippen molar-refractivity contribution < 1.29 is 4.42 Å². The van der Waals surface area contributed by atoms with Crippen LogP contribution in [0.25, 0.3) is 0 Å². The summed E-state index contributed by atoms with van der Waals surface area (Å²) < 4.78 is 5.00. The van der Waals surface area contributed by atoms with Gasteiger partial charge >= 0.3 is 0 Å². The van der Waals surface area contributed by atoms with E-state index in [1.807, 2.05) is 24.8 Å². The van der Waals surface area contributed by atoms with E-state index in [0.717, 1.165) is 18.7 Å². The van der Waals surface area contributed by atoms with Crippen LogP contribution in [0, 0.1) is 0 Å². The largest absolute Gasteiger partial charge is 0.472 e. The van der Waals surface area contributed by atoms with Crippen LogP contribution in [0.4, 0.5) is 17.8 Å². The van der Waals surface area contributed by atoms with Gasteiger partial charge in [0.2, 0.25) is 17.8 Å². The van der Waals surface area contributed by atoms with Gasteiger partial charge in [-0.3, -0.25) is 0 Å². The van der Waals surface area contributed by atoms with Gasteiger partial charge in [0.1, 0.15) is 0 Å². The predicted octanol–water partition coefficient (Wildman–Crippen LogP) is 1.51. The number of hydrogen-bond acceptors (Lipinski definition) is 7. The van der Waals surface area contributed by atoms with Crippen LogP contribution in [0.1, 0.15) is 19.4 Å². The van der Waals surface area contributed by atoms with Crippen molar-refractivity contribution in [2.45, 2.75) is 20.4 Å². The maximum Gasteiger partial charge on any atom is 0.231 e. The van der Waals surface area contributed by atoms with Gasteiger partial charge in [0.15, 0.2) is 0 Å². The van der Waals surface area contributed by atoms with E-state index in [2.05, 4.69) is 20.3 Å². The molecular formula is C12H18N6O. The minimum Gasteiger partial charge on any atom is -0.472 e. The van der Waals surface area contributed by atoms with Gasteiger partial charge < -0.3 is 20.4 Å². The van der Waals surface area contributed by atoms with Crippen molar-refractivity contribution in [1.29, 1.82) is 0 Å². The number of nitrogen functional groups attached to an aromatic ring is 1. The Morgan fingerprint density at radius 3 is 2.68 bits per heavy atom. The van der Waals surface area contributed by atoms with Crippen LogP contribution in [0.5, 0.6) is 0 Å². The Hall–Kier alpha value is -2.31. The molecule has 0 aliphatic heterocycles. The monoisotopic (exact) mass is 262 g/mol. The molecule has 0 unspecified atom stereocenters. The lowest BCUT2D eigenvalue weighted by Gasteiger charge is -2.18. The van der Waals surface area contributed by atoms with E-state index in [0.29, 0.717) is 18.4 Å². The predicted molar refractivity (Wildman–Crippen MR) is 73.8 cm³/mol. The lowest BCUT2D eigenvalue weighted by Crippen LogP contribution is -2.25. The highest BCUT2D eigenvalue weighted by molar-refractivity contribution is 5.41. The molecule has 7 nitrogen and oxygen atoms in total. The Bertz CT molecular complexity index is 509. The zero-order valence-corrected chi connectivity index (χ0v) is 11.1. The summed E-state index contributed by atoms with van der Waals surface area (Å²) in [7, 11) is 0. The van der Waals surface area contributed by atoms with Crippen LogP contribution in [0.2, 0.25) is 0 Å². The number of nitrogens with one attached hydrogen (secondary N) is 1. The molecule has 2 heterocycles. The van der Waals surface area contributed by atoms with E-state index in [1.165, 1.54) is 0 Å². The summed E-state index contributed by atoms with van der Waals surface area (Å²) in [5.74, 6) is 1.27. The standard InChI is InChI=1S/C12H18N6O/c1-3-18(4-2)12-16-10(13)15-11(17-12)14-7-9-5-6-19-8-9/h5-6,8H,3-4,7H2,1-2H3,(H3,13,14,15,16,17). The number of furan rings is 1. The van der Waals surface area contributed by atoms with Gasteiger partial charge in [-0.15, -0.1) is 0 Å². The highest BCUT2D eigenvalue weighted by Crippen LogP contribution is 2.12. The van der Waals surface area contributed by atoms with Crippen molar-refractivity contribution in [3.05, 3.63) is 24.2 Å². The van der Waals surface area contributed by atoms with Crippen molar-refractivity contribution >= 4 is 17.8 Å². The molecule has 2 rings (SSSR count). The number of nitrogens with two attached hydrogens (primary N) is 1. The Balaban J connectivity index is 2.12. The van der Waals surface area contributed by atoms with E-state index < -0.39 is 0 Å². The molecule has 0 fully saturated rings. The van der Waals surface area contributed by atoms with E-state index in [1.54, 1.807) is 12.5 Å². The van der Waals surface area contributed by atoms with Gasteiger partial charge in [-0.2, -0.15) is 15.0 Å². The second kappa shape index (κ2) is 6.03. The lowest BCUT2D eigenvalue weighted by atomic mass is 10.3. The van der Waals surface area contributed by atoms with E-state index in [9.17, 15) is 0 Å². The molecule has 0 radical (unpaired) electrons. The molecule has 2 aromatic heterocycles. The van der Waals surface area contributed by atoms with Crippen LogP contribution in [0.15, 0.2) is 23.0 Å². The Labute approximate surface area is 111 Å². The summed E-state index contributed by atoms with van der Waals surface area (Å²) in [6, 6.07) is 1.88. The Morgan fingerprint density at radius 2 is 2.05 bits per heavy atom. The first-order valence-electron chi connectivity index (χ1n) is 6.24. The molecule has 0 atom stereocenters. The van der Waals surface area contributed by atoms with Gasteiger partial charge in [-0.1, -0.05) is 0 Å². The summed E-state index contributed by atoms with van der Waals surface area (Å²) in [5.41, 5.74) is 6.73. The first-order valence-corrected chi connectivity index (χ1v) is 6.24. The maximum absolute atomic E-state index is 5.71. The van der Waals surface area contributed by atoms with Crippen molar-refractivity contribution in [3.8, 4) is 0 Å². The zero-order valence-electron chi connectivity index (χ0n) is 11.1. The molecule has 0 saturated heterocycles. The number of hydrogen-bond donors (Lipinski definition) is 2. The fourth-order valence-electron chi connectivity index (χ4n) is 1.68. The van der Waals surface area contributed by atoms with Crippen LogP contribution in [-0.4, -0.2) is 28.0 Å². The first kappa shape index (κ1) is 13.1. The molecule has 19 heavy (non-hydrogen) atoms. The third-order valence-electron chi connectivity index (χ3n) is 2.72. The Kier molecular flexibility index (Phi) is 4.17. The fourth-order valence-corrected chi connectivity index (χ4v) is 1.68. The third-order valence-corrected chi connectivity index (χ3v) is 2.72. The van der Waals surface area contributed by atoms with E-state index >= 15 is 0 Å².